The maximum Gasteiger partial charge on any atom is 0.416 e. The van der Waals surface area contributed by atoms with Crippen molar-refractivity contribution in [3.8, 4) is 11.3 Å². The molecule has 0 aliphatic carbocycles. The molecule has 0 unspecified atom stereocenters. The third-order valence-corrected chi connectivity index (χ3v) is 4.08. The van der Waals surface area contributed by atoms with Crippen molar-refractivity contribution >= 4 is 33.8 Å². The van der Waals surface area contributed by atoms with Crippen molar-refractivity contribution in [3.63, 3.8) is 0 Å². The maximum atomic E-state index is 12.5. The number of nitrogens with zero attached hydrogens (tertiary/aromatic N) is 1. The van der Waals surface area contributed by atoms with Crippen LogP contribution in [0.5, 0.6) is 0 Å². The molecule has 0 radical (unpaired) electrons. The van der Waals surface area contributed by atoms with E-state index in [-0.39, 0.29) is 0 Å². The van der Waals surface area contributed by atoms with Gasteiger partial charge in [-0.3, -0.25) is 0 Å². The minimum atomic E-state index is -4.33. The molecule has 0 amide bonds. The summed E-state index contributed by atoms with van der Waals surface area (Å²) >= 11 is 7.32. The van der Waals surface area contributed by atoms with Gasteiger partial charge in [0.15, 0.2) is 5.13 Å². The Bertz CT molecular complexity index is 813. The summed E-state index contributed by atoms with van der Waals surface area (Å²) in [6.07, 6.45) is -4.33. The molecular formula is C16H10ClF3N2S. The van der Waals surface area contributed by atoms with Crippen LogP contribution >= 0.6 is 22.9 Å². The Morgan fingerprint density at radius 3 is 2.43 bits per heavy atom. The maximum absolute atomic E-state index is 12.5. The van der Waals surface area contributed by atoms with Crippen LogP contribution < -0.4 is 5.32 Å². The van der Waals surface area contributed by atoms with Crippen molar-refractivity contribution < 1.29 is 13.2 Å². The number of nitrogens with one attached hydrogen (secondary N) is 1. The van der Waals surface area contributed by atoms with Gasteiger partial charge in [-0.15, -0.1) is 11.3 Å². The lowest BCUT2D eigenvalue weighted by Crippen LogP contribution is -2.04. The van der Waals surface area contributed by atoms with Gasteiger partial charge in [0.1, 0.15) is 0 Å². The third-order valence-electron chi connectivity index (χ3n) is 3.09. The molecule has 0 aliphatic heterocycles. The Labute approximate surface area is 139 Å². The number of alkyl halides is 3. The molecule has 0 bridgehead atoms. The SMILES string of the molecule is FC(F)(F)c1ccc(Nc2nc(-c3cccc(Cl)c3)cs2)cc1. The van der Waals surface area contributed by atoms with Crippen LogP contribution in [0.15, 0.2) is 53.9 Å². The van der Waals surface area contributed by atoms with E-state index in [1.54, 1.807) is 12.1 Å². The Kier molecular flexibility index (Phi) is 4.28. The van der Waals surface area contributed by atoms with Crippen LogP contribution in [-0.4, -0.2) is 4.98 Å². The van der Waals surface area contributed by atoms with E-state index in [1.165, 1.54) is 23.5 Å². The molecule has 0 atom stereocenters. The van der Waals surface area contributed by atoms with E-state index >= 15 is 0 Å². The van der Waals surface area contributed by atoms with E-state index in [1.807, 2.05) is 17.5 Å². The molecular weight excluding hydrogens is 345 g/mol. The molecule has 1 heterocycles. The summed E-state index contributed by atoms with van der Waals surface area (Å²) < 4.78 is 37.6. The second-order valence-electron chi connectivity index (χ2n) is 4.75. The van der Waals surface area contributed by atoms with Crippen molar-refractivity contribution in [1.29, 1.82) is 0 Å². The number of aromatic nitrogens is 1. The van der Waals surface area contributed by atoms with Gasteiger partial charge < -0.3 is 5.32 Å². The predicted molar refractivity (Wildman–Crippen MR) is 87.3 cm³/mol. The van der Waals surface area contributed by atoms with Crippen LogP contribution in [0, 0.1) is 0 Å². The monoisotopic (exact) mass is 354 g/mol. The fourth-order valence-electron chi connectivity index (χ4n) is 1.98. The van der Waals surface area contributed by atoms with Gasteiger partial charge in [-0.05, 0) is 36.4 Å². The number of hydrogen-bond donors (Lipinski definition) is 1. The molecule has 118 valence electrons. The van der Waals surface area contributed by atoms with Crippen LogP contribution in [0.2, 0.25) is 5.02 Å². The smallest absolute Gasteiger partial charge is 0.332 e. The van der Waals surface area contributed by atoms with E-state index in [2.05, 4.69) is 10.3 Å². The zero-order chi connectivity index (χ0) is 16.4. The summed E-state index contributed by atoms with van der Waals surface area (Å²) in [4.78, 5) is 4.41. The number of halogens is 4. The van der Waals surface area contributed by atoms with E-state index in [4.69, 9.17) is 11.6 Å². The first-order chi connectivity index (χ1) is 10.9. The highest BCUT2D eigenvalue weighted by atomic mass is 35.5. The molecule has 0 aliphatic rings. The van der Waals surface area contributed by atoms with Crippen LogP contribution in [0.3, 0.4) is 0 Å². The molecule has 3 aromatic rings. The number of anilines is 2. The fourth-order valence-corrected chi connectivity index (χ4v) is 2.91. The first kappa shape index (κ1) is 15.8. The summed E-state index contributed by atoms with van der Waals surface area (Å²) in [6.45, 7) is 0. The average Bonchev–Trinajstić information content (AvgIpc) is 2.95. The number of rotatable bonds is 3. The molecule has 2 aromatic carbocycles. The van der Waals surface area contributed by atoms with Gasteiger partial charge in [0, 0.05) is 21.7 Å². The van der Waals surface area contributed by atoms with Gasteiger partial charge in [-0.25, -0.2) is 4.98 Å². The lowest BCUT2D eigenvalue weighted by Gasteiger charge is -2.07. The van der Waals surface area contributed by atoms with Crippen LogP contribution in [-0.2, 0) is 6.18 Å². The van der Waals surface area contributed by atoms with Gasteiger partial charge in [-0.2, -0.15) is 13.2 Å². The molecule has 3 rings (SSSR count). The molecule has 0 fully saturated rings. The third kappa shape index (κ3) is 3.83. The first-order valence-electron chi connectivity index (χ1n) is 6.57. The van der Waals surface area contributed by atoms with Gasteiger partial charge in [0.2, 0.25) is 0 Å². The minimum Gasteiger partial charge on any atom is -0.332 e. The molecule has 1 aromatic heterocycles. The molecule has 1 N–H and O–H groups in total. The standard InChI is InChI=1S/C16H10ClF3N2S/c17-12-3-1-2-10(8-12)14-9-23-15(22-14)21-13-6-4-11(5-7-13)16(18,19)20/h1-9H,(H,21,22). The highest BCUT2D eigenvalue weighted by Crippen LogP contribution is 2.32. The zero-order valence-electron chi connectivity index (χ0n) is 11.6. The first-order valence-corrected chi connectivity index (χ1v) is 7.83. The van der Waals surface area contributed by atoms with Gasteiger partial charge >= 0.3 is 6.18 Å². The van der Waals surface area contributed by atoms with E-state index in [9.17, 15) is 13.2 Å². The van der Waals surface area contributed by atoms with E-state index in [0.29, 0.717) is 15.8 Å². The molecule has 0 saturated heterocycles. The summed E-state index contributed by atoms with van der Waals surface area (Å²) in [5.41, 5.74) is 1.51. The van der Waals surface area contributed by atoms with Crippen LogP contribution in [0.4, 0.5) is 24.0 Å². The summed E-state index contributed by atoms with van der Waals surface area (Å²) in [7, 11) is 0. The summed E-state index contributed by atoms with van der Waals surface area (Å²) in [6, 6.07) is 12.1. The lowest BCUT2D eigenvalue weighted by atomic mass is 10.2. The number of hydrogen-bond acceptors (Lipinski definition) is 3. The van der Waals surface area contributed by atoms with Gasteiger partial charge in [0.05, 0.1) is 11.3 Å². The van der Waals surface area contributed by atoms with Crippen molar-refractivity contribution in [2.45, 2.75) is 6.18 Å². The van der Waals surface area contributed by atoms with Gasteiger partial charge in [-0.1, -0.05) is 23.7 Å². The van der Waals surface area contributed by atoms with Crippen LogP contribution in [0.25, 0.3) is 11.3 Å². The second kappa shape index (κ2) is 6.22. The number of thiazole rings is 1. The Morgan fingerprint density at radius 2 is 1.78 bits per heavy atom. The summed E-state index contributed by atoms with van der Waals surface area (Å²) in [5, 5.41) is 6.07. The normalized spacial score (nSPS) is 11.5. The van der Waals surface area contributed by atoms with E-state index < -0.39 is 11.7 Å². The predicted octanol–water partition coefficient (Wildman–Crippen LogP) is 6.23. The molecule has 0 saturated carbocycles. The Hall–Kier alpha value is -2.05. The summed E-state index contributed by atoms with van der Waals surface area (Å²) in [5.74, 6) is 0. The minimum absolute atomic E-state index is 0.546. The van der Waals surface area contributed by atoms with Crippen molar-refractivity contribution in [2.75, 3.05) is 5.32 Å². The van der Waals surface area contributed by atoms with Crippen molar-refractivity contribution in [1.82, 2.24) is 4.98 Å². The lowest BCUT2D eigenvalue weighted by molar-refractivity contribution is -0.137. The van der Waals surface area contributed by atoms with Crippen molar-refractivity contribution in [2.24, 2.45) is 0 Å². The molecule has 2 nitrogen and oxygen atoms in total. The van der Waals surface area contributed by atoms with E-state index in [0.717, 1.165) is 23.4 Å². The topological polar surface area (TPSA) is 24.9 Å². The quantitative estimate of drug-likeness (QED) is 0.603. The second-order valence-corrected chi connectivity index (χ2v) is 6.04. The highest BCUT2D eigenvalue weighted by Gasteiger charge is 2.29. The fraction of sp³-hybridized carbons (Fsp3) is 0.0625. The Morgan fingerprint density at radius 1 is 1.04 bits per heavy atom. The van der Waals surface area contributed by atoms with Crippen molar-refractivity contribution in [3.05, 3.63) is 64.5 Å². The molecule has 0 spiro atoms. The highest BCUT2D eigenvalue weighted by molar-refractivity contribution is 7.14. The molecule has 7 heteroatoms. The zero-order valence-corrected chi connectivity index (χ0v) is 13.1. The number of benzene rings is 2. The largest absolute Gasteiger partial charge is 0.416 e. The average molecular weight is 355 g/mol. The van der Waals surface area contributed by atoms with Gasteiger partial charge in [0.25, 0.3) is 0 Å². The molecule has 23 heavy (non-hydrogen) atoms. The van der Waals surface area contributed by atoms with Crippen LogP contribution in [0.1, 0.15) is 5.56 Å². The Balaban J connectivity index is 1.77.